The van der Waals surface area contributed by atoms with Crippen LogP contribution < -0.4 is 5.73 Å². The summed E-state index contributed by atoms with van der Waals surface area (Å²) in [5.74, 6) is 2.15. The molecule has 0 aliphatic rings. The van der Waals surface area contributed by atoms with Crippen LogP contribution in [0.15, 0.2) is 15.9 Å². The van der Waals surface area contributed by atoms with Gasteiger partial charge in [-0.3, -0.25) is 0 Å². The molecule has 1 heterocycles. The lowest BCUT2D eigenvalue weighted by Crippen LogP contribution is -2.21. The highest BCUT2D eigenvalue weighted by molar-refractivity contribution is 9.11. The van der Waals surface area contributed by atoms with Gasteiger partial charge >= 0.3 is 0 Å². The number of hydrogen-bond acceptors (Lipinski definition) is 3. The number of nitrogens with two attached hydrogens (primary N) is 1. The topological polar surface area (TPSA) is 26.0 Å². The standard InChI is InChI=1S/C9H14BrNS2/c1-2-7(11)5-12-6-8-3-4-9(10)13-8/h3-4,7H,2,5-6,11H2,1H3. The van der Waals surface area contributed by atoms with Gasteiger partial charge in [-0.1, -0.05) is 6.92 Å². The van der Waals surface area contributed by atoms with E-state index in [9.17, 15) is 0 Å². The molecule has 0 spiro atoms. The van der Waals surface area contributed by atoms with Gasteiger partial charge in [-0.05, 0) is 34.5 Å². The molecule has 1 atom stereocenters. The molecule has 4 heteroatoms. The van der Waals surface area contributed by atoms with Crippen molar-refractivity contribution in [2.24, 2.45) is 5.73 Å². The van der Waals surface area contributed by atoms with E-state index in [1.165, 1.54) is 8.66 Å². The average Bonchev–Trinajstić information content (AvgIpc) is 2.51. The van der Waals surface area contributed by atoms with Crippen LogP contribution in [0.25, 0.3) is 0 Å². The normalized spacial score (nSPS) is 13.2. The third kappa shape index (κ3) is 4.49. The Labute approximate surface area is 96.2 Å². The molecule has 2 N–H and O–H groups in total. The van der Waals surface area contributed by atoms with E-state index in [0.29, 0.717) is 6.04 Å². The Morgan fingerprint density at radius 1 is 1.62 bits per heavy atom. The van der Waals surface area contributed by atoms with Gasteiger partial charge in [0.25, 0.3) is 0 Å². The van der Waals surface area contributed by atoms with E-state index in [-0.39, 0.29) is 0 Å². The SMILES string of the molecule is CCC(N)CSCc1ccc(Br)s1. The van der Waals surface area contributed by atoms with Crippen LogP contribution >= 0.6 is 39.0 Å². The molecular weight excluding hydrogens is 266 g/mol. The molecule has 0 aliphatic heterocycles. The van der Waals surface area contributed by atoms with Crippen LogP contribution in [-0.4, -0.2) is 11.8 Å². The Balaban J connectivity index is 2.20. The molecule has 0 aliphatic carbocycles. The van der Waals surface area contributed by atoms with Crippen molar-refractivity contribution in [3.8, 4) is 0 Å². The van der Waals surface area contributed by atoms with Crippen LogP contribution in [0.5, 0.6) is 0 Å². The summed E-state index contributed by atoms with van der Waals surface area (Å²) >= 11 is 7.17. The fraction of sp³-hybridized carbons (Fsp3) is 0.556. The zero-order valence-corrected chi connectivity index (χ0v) is 10.8. The van der Waals surface area contributed by atoms with Crippen LogP contribution in [0.1, 0.15) is 18.2 Å². The van der Waals surface area contributed by atoms with Gasteiger partial charge in [-0.15, -0.1) is 11.3 Å². The fourth-order valence-corrected chi connectivity index (χ4v) is 3.58. The highest BCUT2D eigenvalue weighted by Crippen LogP contribution is 2.25. The van der Waals surface area contributed by atoms with E-state index in [0.717, 1.165) is 17.9 Å². The minimum atomic E-state index is 0.355. The van der Waals surface area contributed by atoms with Crippen molar-refractivity contribution >= 4 is 39.0 Å². The molecule has 0 fully saturated rings. The number of hydrogen-bond donors (Lipinski definition) is 1. The lowest BCUT2D eigenvalue weighted by molar-refractivity contribution is 0.725. The maximum atomic E-state index is 5.82. The van der Waals surface area contributed by atoms with Crippen molar-refractivity contribution in [2.45, 2.75) is 25.1 Å². The highest BCUT2D eigenvalue weighted by Gasteiger charge is 2.01. The van der Waals surface area contributed by atoms with Crippen LogP contribution in [0.2, 0.25) is 0 Å². The predicted molar refractivity (Wildman–Crippen MR) is 66.4 cm³/mol. The molecule has 0 radical (unpaired) electrons. The van der Waals surface area contributed by atoms with Gasteiger partial charge in [0.05, 0.1) is 3.79 Å². The first-order chi connectivity index (χ1) is 6.22. The molecular formula is C9H14BrNS2. The van der Waals surface area contributed by atoms with E-state index in [4.69, 9.17) is 5.73 Å². The van der Waals surface area contributed by atoms with Crippen LogP contribution in [0.4, 0.5) is 0 Å². The lowest BCUT2D eigenvalue weighted by Gasteiger charge is -2.06. The van der Waals surface area contributed by atoms with Crippen molar-refractivity contribution in [1.29, 1.82) is 0 Å². The molecule has 13 heavy (non-hydrogen) atoms. The van der Waals surface area contributed by atoms with Crippen molar-refractivity contribution in [1.82, 2.24) is 0 Å². The van der Waals surface area contributed by atoms with E-state index in [1.807, 2.05) is 11.8 Å². The van der Waals surface area contributed by atoms with Crippen molar-refractivity contribution in [2.75, 3.05) is 5.75 Å². The minimum absolute atomic E-state index is 0.355. The molecule has 1 aromatic rings. The number of thiophene rings is 1. The van der Waals surface area contributed by atoms with E-state index < -0.39 is 0 Å². The smallest absolute Gasteiger partial charge is 0.0701 e. The molecule has 0 saturated heterocycles. The Kier molecular flexibility index (Phi) is 5.39. The molecule has 1 nitrogen and oxygen atoms in total. The number of halogens is 1. The number of rotatable bonds is 5. The van der Waals surface area contributed by atoms with Crippen LogP contribution in [0, 0.1) is 0 Å². The second kappa shape index (κ2) is 6.06. The van der Waals surface area contributed by atoms with Gasteiger partial charge in [-0.25, -0.2) is 0 Å². The molecule has 1 rings (SSSR count). The Morgan fingerprint density at radius 3 is 2.92 bits per heavy atom. The zero-order chi connectivity index (χ0) is 9.68. The third-order valence-electron chi connectivity index (χ3n) is 1.73. The molecule has 0 bridgehead atoms. The summed E-state index contributed by atoms with van der Waals surface area (Å²) in [6, 6.07) is 4.62. The zero-order valence-electron chi connectivity index (χ0n) is 7.63. The summed E-state index contributed by atoms with van der Waals surface area (Å²) in [4.78, 5) is 1.42. The maximum absolute atomic E-state index is 5.82. The van der Waals surface area contributed by atoms with Gasteiger partial charge < -0.3 is 5.73 Å². The summed E-state index contributed by atoms with van der Waals surface area (Å²) < 4.78 is 1.21. The lowest BCUT2D eigenvalue weighted by atomic mass is 10.3. The summed E-state index contributed by atoms with van der Waals surface area (Å²) in [5.41, 5.74) is 5.82. The summed E-state index contributed by atoms with van der Waals surface area (Å²) in [6.45, 7) is 2.13. The quantitative estimate of drug-likeness (QED) is 0.893. The highest BCUT2D eigenvalue weighted by atomic mass is 79.9. The Morgan fingerprint density at radius 2 is 2.38 bits per heavy atom. The maximum Gasteiger partial charge on any atom is 0.0701 e. The third-order valence-corrected chi connectivity index (χ3v) is 4.71. The monoisotopic (exact) mass is 279 g/mol. The van der Waals surface area contributed by atoms with E-state index in [1.54, 1.807) is 11.3 Å². The minimum Gasteiger partial charge on any atom is -0.327 e. The van der Waals surface area contributed by atoms with Crippen LogP contribution in [-0.2, 0) is 5.75 Å². The summed E-state index contributed by atoms with van der Waals surface area (Å²) in [5, 5.41) is 0. The Hall–Kier alpha value is 0.490. The predicted octanol–water partition coefficient (Wildman–Crippen LogP) is 3.48. The van der Waals surface area contributed by atoms with Crippen molar-refractivity contribution in [3.63, 3.8) is 0 Å². The molecule has 1 unspecified atom stereocenters. The van der Waals surface area contributed by atoms with Gasteiger partial charge in [0.15, 0.2) is 0 Å². The average molecular weight is 280 g/mol. The largest absolute Gasteiger partial charge is 0.327 e. The second-order valence-electron chi connectivity index (χ2n) is 2.89. The van der Waals surface area contributed by atoms with E-state index >= 15 is 0 Å². The fourth-order valence-electron chi connectivity index (χ4n) is 0.858. The molecule has 74 valence electrons. The first-order valence-electron chi connectivity index (χ1n) is 4.30. The van der Waals surface area contributed by atoms with Gasteiger partial charge in [0.2, 0.25) is 0 Å². The first kappa shape index (κ1) is 11.6. The van der Waals surface area contributed by atoms with Gasteiger partial charge in [0, 0.05) is 22.4 Å². The summed E-state index contributed by atoms with van der Waals surface area (Å²) in [6.07, 6.45) is 1.07. The molecule has 0 aromatic carbocycles. The van der Waals surface area contributed by atoms with Gasteiger partial charge in [-0.2, -0.15) is 11.8 Å². The second-order valence-corrected chi connectivity index (χ2v) is 6.47. The first-order valence-corrected chi connectivity index (χ1v) is 7.06. The Bertz CT molecular complexity index is 250. The van der Waals surface area contributed by atoms with Crippen molar-refractivity contribution < 1.29 is 0 Å². The molecule has 0 amide bonds. The number of thioether (sulfide) groups is 1. The summed E-state index contributed by atoms with van der Waals surface area (Å²) in [7, 11) is 0. The van der Waals surface area contributed by atoms with Crippen LogP contribution in [0.3, 0.4) is 0 Å². The van der Waals surface area contributed by atoms with Gasteiger partial charge in [0.1, 0.15) is 0 Å². The molecule has 1 aromatic heterocycles. The van der Waals surface area contributed by atoms with E-state index in [2.05, 4.69) is 35.0 Å². The van der Waals surface area contributed by atoms with Crippen molar-refractivity contribution in [3.05, 3.63) is 20.8 Å². The molecule has 0 saturated carbocycles.